The van der Waals surface area contributed by atoms with E-state index in [4.69, 9.17) is 23.2 Å². The standard InChI is InChI=1S/C24H17Cl2N3O4/c1-13-5-8-17(12-19(13)25)29-23(32)20(26)21(24(29)33)27-16-4-2-3-14(11-16)22(31)28-15-6-9-18(30)10-7-15/h2-12,27,30H,1H3,(H,28,31). The molecule has 1 heterocycles. The largest absolute Gasteiger partial charge is 0.508 e. The Morgan fingerprint density at radius 2 is 1.64 bits per heavy atom. The van der Waals surface area contributed by atoms with E-state index >= 15 is 0 Å². The molecule has 0 radical (unpaired) electrons. The van der Waals surface area contributed by atoms with Crippen molar-refractivity contribution in [3.8, 4) is 5.75 Å². The predicted molar refractivity (Wildman–Crippen MR) is 128 cm³/mol. The summed E-state index contributed by atoms with van der Waals surface area (Å²) in [5.74, 6) is -1.62. The van der Waals surface area contributed by atoms with E-state index in [0.717, 1.165) is 10.5 Å². The first kappa shape index (κ1) is 22.4. The second kappa shape index (κ2) is 8.97. The van der Waals surface area contributed by atoms with Gasteiger partial charge in [0.25, 0.3) is 17.7 Å². The fraction of sp³-hybridized carbons (Fsp3) is 0.0417. The normalized spacial score (nSPS) is 13.5. The number of carbonyl (C=O) groups excluding carboxylic acids is 3. The number of hydrogen-bond acceptors (Lipinski definition) is 5. The second-order valence-electron chi connectivity index (χ2n) is 7.27. The number of amides is 3. The molecule has 3 aromatic rings. The number of aryl methyl sites for hydroxylation is 1. The van der Waals surface area contributed by atoms with Crippen molar-refractivity contribution in [2.24, 2.45) is 0 Å². The molecule has 9 heteroatoms. The van der Waals surface area contributed by atoms with Gasteiger partial charge in [-0.05, 0) is 67.1 Å². The molecule has 0 bridgehead atoms. The number of aromatic hydroxyl groups is 1. The van der Waals surface area contributed by atoms with E-state index in [-0.39, 0.29) is 16.5 Å². The SMILES string of the molecule is Cc1ccc(N2C(=O)C(Cl)=C(Nc3cccc(C(=O)Nc4ccc(O)cc4)c3)C2=O)cc1Cl. The van der Waals surface area contributed by atoms with Crippen LogP contribution in [0, 0.1) is 6.92 Å². The van der Waals surface area contributed by atoms with E-state index in [1.54, 1.807) is 42.5 Å². The third-order valence-electron chi connectivity index (χ3n) is 4.96. The molecule has 7 nitrogen and oxygen atoms in total. The third-order valence-corrected chi connectivity index (χ3v) is 5.72. The van der Waals surface area contributed by atoms with Crippen molar-refractivity contribution in [2.75, 3.05) is 15.5 Å². The highest BCUT2D eigenvalue weighted by Crippen LogP contribution is 2.32. The molecule has 4 rings (SSSR count). The van der Waals surface area contributed by atoms with Crippen LogP contribution >= 0.6 is 23.2 Å². The zero-order chi connectivity index (χ0) is 23.7. The molecule has 3 aromatic carbocycles. The number of nitrogens with zero attached hydrogens (tertiary/aromatic N) is 1. The zero-order valence-electron chi connectivity index (χ0n) is 17.2. The van der Waals surface area contributed by atoms with Gasteiger partial charge in [-0.15, -0.1) is 0 Å². The number of anilines is 3. The number of phenols is 1. The number of rotatable bonds is 5. The van der Waals surface area contributed by atoms with Crippen LogP contribution in [0.4, 0.5) is 17.1 Å². The molecule has 0 unspecified atom stereocenters. The van der Waals surface area contributed by atoms with Gasteiger partial charge in [-0.2, -0.15) is 0 Å². The molecule has 0 spiro atoms. The van der Waals surface area contributed by atoms with Gasteiger partial charge in [-0.3, -0.25) is 14.4 Å². The Balaban J connectivity index is 1.54. The molecular formula is C24H17Cl2N3O4. The first-order valence-corrected chi connectivity index (χ1v) is 10.5. The lowest BCUT2D eigenvalue weighted by Gasteiger charge is -2.16. The average molecular weight is 482 g/mol. The highest BCUT2D eigenvalue weighted by Gasteiger charge is 2.39. The van der Waals surface area contributed by atoms with Gasteiger partial charge >= 0.3 is 0 Å². The van der Waals surface area contributed by atoms with Crippen LogP contribution in [-0.2, 0) is 9.59 Å². The van der Waals surface area contributed by atoms with Gasteiger partial charge in [0.1, 0.15) is 16.5 Å². The zero-order valence-corrected chi connectivity index (χ0v) is 18.7. The predicted octanol–water partition coefficient (Wildman–Crippen LogP) is 5.04. The van der Waals surface area contributed by atoms with E-state index in [1.807, 2.05) is 6.92 Å². The Morgan fingerprint density at radius 1 is 0.909 bits per heavy atom. The molecular weight excluding hydrogens is 465 g/mol. The fourth-order valence-electron chi connectivity index (χ4n) is 3.20. The van der Waals surface area contributed by atoms with Gasteiger partial charge in [-0.1, -0.05) is 35.3 Å². The van der Waals surface area contributed by atoms with Crippen LogP contribution in [-0.4, -0.2) is 22.8 Å². The van der Waals surface area contributed by atoms with Crippen LogP contribution in [0.1, 0.15) is 15.9 Å². The number of benzene rings is 3. The van der Waals surface area contributed by atoms with Crippen LogP contribution in [0.5, 0.6) is 5.75 Å². The van der Waals surface area contributed by atoms with Gasteiger partial charge in [-0.25, -0.2) is 4.90 Å². The number of nitrogens with one attached hydrogen (secondary N) is 2. The molecule has 3 amide bonds. The number of phenolic OH excluding ortho intramolecular Hbond substituents is 1. The van der Waals surface area contributed by atoms with Crippen molar-refractivity contribution in [1.82, 2.24) is 0 Å². The smallest absolute Gasteiger partial charge is 0.283 e. The molecule has 33 heavy (non-hydrogen) atoms. The molecule has 3 N–H and O–H groups in total. The summed E-state index contributed by atoms with van der Waals surface area (Å²) >= 11 is 12.3. The van der Waals surface area contributed by atoms with Gasteiger partial charge in [0.2, 0.25) is 0 Å². The van der Waals surface area contributed by atoms with Crippen LogP contribution in [0.25, 0.3) is 0 Å². The monoisotopic (exact) mass is 481 g/mol. The van der Waals surface area contributed by atoms with Crippen molar-refractivity contribution in [1.29, 1.82) is 0 Å². The summed E-state index contributed by atoms with van der Waals surface area (Å²) in [6.45, 7) is 1.81. The molecule has 0 saturated carbocycles. The summed E-state index contributed by atoms with van der Waals surface area (Å²) in [7, 11) is 0. The highest BCUT2D eigenvalue weighted by atomic mass is 35.5. The Labute approximate surface area is 199 Å². The molecule has 166 valence electrons. The minimum absolute atomic E-state index is 0.0853. The lowest BCUT2D eigenvalue weighted by Crippen LogP contribution is -2.32. The van der Waals surface area contributed by atoms with Crippen LogP contribution < -0.4 is 15.5 Å². The summed E-state index contributed by atoms with van der Waals surface area (Å²) in [6.07, 6.45) is 0. The molecule has 1 aliphatic rings. The molecule has 0 fully saturated rings. The number of hydrogen-bond donors (Lipinski definition) is 3. The Morgan fingerprint density at radius 3 is 2.33 bits per heavy atom. The van der Waals surface area contributed by atoms with E-state index in [2.05, 4.69) is 10.6 Å². The first-order valence-electron chi connectivity index (χ1n) is 9.77. The summed E-state index contributed by atoms with van der Waals surface area (Å²) in [6, 6.07) is 17.3. The first-order chi connectivity index (χ1) is 15.7. The molecule has 0 saturated heterocycles. The molecule has 0 atom stereocenters. The summed E-state index contributed by atoms with van der Waals surface area (Å²) in [5.41, 5.74) is 2.22. The molecule has 0 aliphatic carbocycles. The van der Waals surface area contributed by atoms with Crippen molar-refractivity contribution < 1.29 is 19.5 Å². The lowest BCUT2D eigenvalue weighted by molar-refractivity contribution is -0.120. The topological polar surface area (TPSA) is 98.7 Å². The van der Waals surface area contributed by atoms with E-state index in [0.29, 0.717) is 27.6 Å². The molecule has 1 aliphatic heterocycles. The van der Waals surface area contributed by atoms with E-state index in [1.165, 1.54) is 24.3 Å². The third kappa shape index (κ3) is 4.55. The van der Waals surface area contributed by atoms with E-state index in [9.17, 15) is 19.5 Å². The van der Waals surface area contributed by atoms with Crippen molar-refractivity contribution in [3.63, 3.8) is 0 Å². The fourth-order valence-corrected chi connectivity index (χ4v) is 3.58. The Kier molecular flexibility index (Phi) is 6.09. The minimum atomic E-state index is -0.676. The number of carbonyl (C=O) groups is 3. The summed E-state index contributed by atoms with van der Waals surface area (Å²) < 4.78 is 0. The molecule has 0 aromatic heterocycles. The van der Waals surface area contributed by atoms with Gasteiger partial charge in [0, 0.05) is 22.0 Å². The highest BCUT2D eigenvalue weighted by molar-refractivity contribution is 6.53. The van der Waals surface area contributed by atoms with Crippen molar-refractivity contribution in [3.05, 3.63) is 93.6 Å². The van der Waals surface area contributed by atoms with Gasteiger partial charge < -0.3 is 15.7 Å². The Hall–Kier alpha value is -3.81. The van der Waals surface area contributed by atoms with Crippen molar-refractivity contribution in [2.45, 2.75) is 6.92 Å². The van der Waals surface area contributed by atoms with Crippen LogP contribution in [0.3, 0.4) is 0 Å². The van der Waals surface area contributed by atoms with E-state index < -0.39 is 17.7 Å². The van der Waals surface area contributed by atoms with Crippen molar-refractivity contribution >= 4 is 58.0 Å². The minimum Gasteiger partial charge on any atom is -0.508 e. The lowest BCUT2D eigenvalue weighted by atomic mass is 10.1. The maximum Gasteiger partial charge on any atom is 0.283 e. The average Bonchev–Trinajstić information content (AvgIpc) is 3.00. The quantitative estimate of drug-likeness (QED) is 0.350. The van der Waals surface area contributed by atoms with Crippen LogP contribution in [0.2, 0.25) is 5.02 Å². The van der Waals surface area contributed by atoms with Gasteiger partial charge in [0.15, 0.2) is 0 Å². The van der Waals surface area contributed by atoms with Gasteiger partial charge in [0.05, 0.1) is 5.69 Å². The number of imide groups is 1. The Bertz CT molecular complexity index is 1320. The maximum atomic E-state index is 13.0. The van der Waals surface area contributed by atoms with Crippen LogP contribution in [0.15, 0.2) is 77.5 Å². The summed E-state index contributed by atoms with van der Waals surface area (Å²) in [4.78, 5) is 39.2. The maximum absolute atomic E-state index is 13.0. The second-order valence-corrected chi connectivity index (χ2v) is 8.06. The summed E-state index contributed by atoms with van der Waals surface area (Å²) in [5, 5.41) is 15.1. The number of halogens is 2.